The molecule has 92 valence electrons. The molecule has 0 heterocycles. The van der Waals surface area contributed by atoms with E-state index in [1.165, 1.54) is 19.3 Å². The highest BCUT2D eigenvalue weighted by molar-refractivity contribution is 6.46. The number of allylic oxidation sites excluding steroid dienone is 2. The summed E-state index contributed by atoms with van der Waals surface area (Å²) in [6, 6.07) is 0. The lowest BCUT2D eigenvalue weighted by Gasteiger charge is -2.26. The second-order valence-electron chi connectivity index (χ2n) is 5.04. The Labute approximate surface area is 101 Å². The van der Waals surface area contributed by atoms with Crippen molar-refractivity contribution in [2.45, 2.75) is 51.5 Å². The molecule has 16 heavy (non-hydrogen) atoms. The third kappa shape index (κ3) is 2.76. The molecule has 0 aliphatic heterocycles. The third-order valence-corrected chi connectivity index (χ3v) is 6.27. The van der Waals surface area contributed by atoms with Crippen LogP contribution in [0.2, 0.25) is 5.54 Å². The zero-order chi connectivity index (χ0) is 11.4. The van der Waals surface area contributed by atoms with Gasteiger partial charge in [-0.25, -0.2) is 0 Å². The molecule has 0 amide bonds. The van der Waals surface area contributed by atoms with Gasteiger partial charge < -0.3 is 8.85 Å². The van der Waals surface area contributed by atoms with E-state index in [0.717, 1.165) is 37.5 Å². The molecule has 0 aromatic heterocycles. The number of hydrogen-bond donors (Lipinski definition) is 0. The van der Waals surface area contributed by atoms with Gasteiger partial charge in [0.15, 0.2) is 0 Å². The van der Waals surface area contributed by atoms with Crippen molar-refractivity contribution >= 4 is 9.28 Å². The first-order chi connectivity index (χ1) is 7.85. The highest BCUT2D eigenvalue weighted by Gasteiger charge is 2.41. The normalized spacial score (nSPS) is 27.8. The van der Waals surface area contributed by atoms with Crippen LogP contribution in [-0.4, -0.2) is 22.5 Å². The van der Waals surface area contributed by atoms with Crippen LogP contribution in [0, 0.1) is 5.92 Å². The Kier molecular flexibility index (Phi) is 4.62. The highest BCUT2D eigenvalue weighted by atomic mass is 28.3. The van der Waals surface area contributed by atoms with Crippen LogP contribution in [0.15, 0.2) is 11.6 Å². The van der Waals surface area contributed by atoms with Crippen LogP contribution in [0.4, 0.5) is 0 Å². The quantitative estimate of drug-likeness (QED) is 0.503. The summed E-state index contributed by atoms with van der Waals surface area (Å²) in [4.78, 5) is 0. The Morgan fingerprint density at radius 1 is 1.19 bits per heavy atom. The smallest absolute Gasteiger partial charge is 0.325 e. The second kappa shape index (κ2) is 5.99. The van der Waals surface area contributed by atoms with E-state index in [0.29, 0.717) is 0 Å². The summed E-state index contributed by atoms with van der Waals surface area (Å²) in [7, 11) is -1.41. The molecule has 0 saturated heterocycles. The molecule has 2 bridgehead atoms. The van der Waals surface area contributed by atoms with Crippen molar-refractivity contribution < 1.29 is 8.85 Å². The summed E-state index contributed by atoms with van der Waals surface area (Å²) < 4.78 is 12.0. The van der Waals surface area contributed by atoms with E-state index in [2.05, 4.69) is 19.9 Å². The molecular formula is C13H24O2Si. The average Bonchev–Trinajstić information content (AvgIpc) is 2.91. The van der Waals surface area contributed by atoms with Crippen LogP contribution in [0.25, 0.3) is 0 Å². The minimum atomic E-state index is -1.41. The minimum Gasteiger partial charge on any atom is -0.396 e. The molecule has 3 heteroatoms. The molecular weight excluding hydrogens is 216 g/mol. The lowest BCUT2D eigenvalue weighted by molar-refractivity contribution is 0.181. The van der Waals surface area contributed by atoms with Crippen molar-refractivity contribution in [2.24, 2.45) is 5.92 Å². The van der Waals surface area contributed by atoms with Gasteiger partial charge in [-0.3, -0.25) is 0 Å². The molecule has 2 aliphatic carbocycles. The fourth-order valence-electron chi connectivity index (χ4n) is 2.87. The van der Waals surface area contributed by atoms with Gasteiger partial charge in [0, 0.05) is 18.8 Å². The van der Waals surface area contributed by atoms with Gasteiger partial charge in [-0.2, -0.15) is 0 Å². The first-order valence-electron chi connectivity index (χ1n) is 6.76. The third-order valence-electron chi connectivity index (χ3n) is 3.66. The van der Waals surface area contributed by atoms with E-state index in [1.807, 2.05) is 0 Å². The van der Waals surface area contributed by atoms with Gasteiger partial charge in [0.1, 0.15) is 0 Å². The van der Waals surface area contributed by atoms with Gasteiger partial charge in [0.05, 0.1) is 0 Å². The summed E-state index contributed by atoms with van der Waals surface area (Å²) in [6.45, 7) is 6.13. The van der Waals surface area contributed by atoms with E-state index in [9.17, 15) is 0 Å². The first kappa shape index (κ1) is 12.3. The van der Waals surface area contributed by atoms with Crippen molar-refractivity contribution in [3.05, 3.63) is 11.6 Å². The standard InChI is InChI=1S/C13H24O2Si/c1-3-7-14-16(15-8-4-2)13-10-11-5-6-12(13)9-11/h5,12-13,16H,3-4,6-10H2,1-2H3. The summed E-state index contributed by atoms with van der Waals surface area (Å²) in [6.07, 6.45) is 8.55. The van der Waals surface area contributed by atoms with Gasteiger partial charge >= 0.3 is 9.28 Å². The average molecular weight is 240 g/mol. The first-order valence-corrected chi connectivity index (χ1v) is 8.37. The molecule has 0 aromatic rings. The van der Waals surface area contributed by atoms with Crippen molar-refractivity contribution in [3.63, 3.8) is 0 Å². The Bertz CT molecular complexity index is 244. The molecule has 1 fully saturated rings. The van der Waals surface area contributed by atoms with Crippen molar-refractivity contribution in [1.82, 2.24) is 0 Å². The second-order valence-corrected chi connectivity index (χ2v) is 7.30. The molecule has 0 N–H and O–H groups in total. The van der Waals surface area contributed by atoms with E-state index in [-0.39, 0.29) is 0 Å². The fourth-order valence-corrected chi connectivity index (χ4v) is 5.62. The number of fused-ring (bicyclic) bond motifs is 2. The van der Waals surface area contributed by atoms with Gasteiger partial charge in [0.25, 0.3) is 0 Å². The van der Waals surface area contributed by atoms with Gasteiger partial charge in [-0.05, 0) is 38.0 Å². The van der Waals surface area contributed by atoms with E-state index >= 15 is 0 Å². The van der Waals surface area contributed by atoms with Crippen LogP contribution < -0.4 is 0 Å². The van der Waals surface area contributed by atoms with Crippen LogP contribution in [0.5, 0.6) is 0 Å². The topological polar surface area (TPSA) is 18.5 Å². The number of hydrogen-bond acceptors (Lipinski definition) is 2. The molecule has 2 atom stereocenters. The van der Waals surface area contributed by atoms with E-state index in [1.54, 1.807) is 5.57 Å². The van der Waals surface area contributed by atoms with Crippen LogP contribution >= 0.6 is 0 Å². The Hall–Kier alpha value is -0.123. The Morgan fingerprint density at radius 2 is 1.88 bits per heavy atom. The fraction of sp³-hybridized carbons (Fsp3) is 0.846. The predicted molar refractivity (Wildman–Crippen MR) is 68.8 cm³/mol. The maximum atomic E-state index is 6.02. The molecule has 1 saturated carbocycles. The van der Waals surface area contributed by atoms with E-state index in [4.69, 9.17) is 8.85 Å². The SMILES string of the molecule is CCCO[SiH](OCCC)C1CC2=CCC1C2. The van der Waals surface area contributed by atoms with E-state index < -0.39 is 9.28 Å². The van der Waals surface area contributed by atoms with Gasteiger partial charge in [0.2, 0.25) is 0 Å². The molecule has 0 aromatic carbocycles. The summed E-state index contributed by atoms with van der Waals surface area (Å²) in [5.41, 5.74) is 2.44. The van der Waals surface area contributed by atoms with Crippen molar-refractivity contribution in [3.8, 4) is 0 Å². The zero-order valence-corrected chi connectivity index (χ0v) is 11.7. The minimum absolute atomic E-state index is 0.762. The maximum Gasteiger partial charge on any atom is 0.325 e. The predicted octanol–water partition coefficient (Wildman–Crippen LogP) is 3.17. The maximum absolute atomic E-state index is 6.02. The largest absolute Gasteiger partial charge is 0.396 e. The zero-order valence-electron chi connectivity index (χ0n) is 10.6. The summed E-state index contributed by atoms with van der Waals surface area (Å²) >= 11 is 0. The van der Waals surface area contributed by atoms with Crippen LogP contribution in [0.1, 0.15) is 46.0 Å². The summed E-state index contributed by atoms with van der Waals surface area (Å²) in [5.74, 6) is 0.861. The molecule has 0 radical (unpaired) electrons. The monoisotopic (exact) mass is 240 g/mol. The van der Waals surface area contributed by atoms with Gasteiger partial charge in [-0.15, -0.1) is 0 Å². The highest BCUT2D eigenvalue weighted by Crippen LogP contribution is 2.49. The molecule has 2 aliphatic rings. The molecule has 2 unspecified atom stereocenters. The Balaban J connectivity index is 1.87. The molecule has 0 spiro atoms. The lowest BCUT2D eigenvalue weighted by Crippen LogP contribution is -2.32. The van der Waals surface area contributed by atoms with Crippen LogP contribution in [-0.2, 0) is 8.85 Å². The Morgan fingerprint density at radius 3 is 2.31 bits per heavy atom. The number of rotatable bonds is 7. The van der Waals surface area contributed by atoms with Gasteiger partial charge in [-0.1, -0.05) is 25.5 Å². The lowest BCUT2D eigenvalue weighted by atomic mass is 10.1. The molecule has 2 nitrogen and oxygen atoms in total. The molecule has 2 rings (SSSR count). The van der Waals surface area contributed by atoms with Crippen LogP contribution in [0.3, 0.4) is 0 Å². The van der Waals surface area contributed by atoms with Crippen molar-refractivity contribution in [2.75, 3.05) is 13.2 Å². The summed E-state index contributed by atoms with van der Waals surface area (Å²) in [5, 5.41) is 0. The van der Waals surface area contributed by atoms with Crippen molar-refractivity contribution in [1.29, 1.82) is 0 Å².